The van der Waals surface area contributed by atoms with Crippen LogP contribution < -0.4 is 0 Å². The lowest BCUT2D eigenvalue weighted by Crippen LogP contribution is -2.10. The van der Waals surface area contributed by atoms with Crippen LogP contribution in [0.5, 0.6) is 0 Å². The second kappa shape index (κ2) is 7.63. The lowest BCUT2D eigenvalue weighted by molar-refractivity contribution is 0.0687. The summed E-state index contributed by atoms with van der Waals surface area (Å²) < 4.78 is 1.87. The Morgan fingerprint density at radius 2 is 1.86 bits per heavy atom. The number of thiophene rings is 1. The first-order valence-corrected chi connectivity index (χ1v) is 10.5. The number of aryl methyl sites for hydroxylation is 1. The van der Waals surface area contributed by atoms with Gasteiger partial charge in [-0.25, -0.2) is 4.79 Å². The predicted molar refractivity (Wildman–Crippen MR) is 117 cm³/mol. The number of rotatable bonds is 5. The number of aromatic nitrogens is 1. The van der Waals surface area contributed by atoms with Crippen molar-refractivity contribution < 1.29 is 9.90 Å². The molecule has 2 heterocycles. The highest BCUT2D eigenvalue weighted by Crippen LogP contribution is 2.41. The van der Waals surface area contributed by atoms with Gasteiger partial charge in [0.05, 0.1) is 5.52 Å². The molecule has 142 valence electrons. The zero-order valence-electron chi connectivity index (χ0n) is 15.1. The van der Waals surface area contributed by atoms with Crippen molar-refractivity contribution in [1.29, 1.82) is 0 Å². The lowest BCUT2D eigenvalue weighted by Gasteiger charge is -2.10. The molecule has 0 saturated heterocycles. The van der Waals surface area contributed by atoms with E-state index in [4.69, 9.17) is 23.2 Å². The van der Waals surface area contributed by atoms with E-state index in [9.17, 15) is 9.90 Å². The first kappa shape index (κ1) is 19.1. The first-order valence-electron chi connectivity index (χ1n) is 8.86. The number of halogens is 2. The molecule has 3 nitrogen and oxygen atoms in total. The molecular weight excluding hydrogens is 413 g/mol. The number of fused-ring (bicyclic) bond motifs is 1. The number of aromatic carboxylic acids is 1. The molecule has 4 aromatic rings. The van der Waals surface area contributed by atoms with E-state index in [0.717, 1.165) is 38.9 Å². The van der Waals surface area contributed by atoms with Crippen molar-refractivity contribution in [3.8, 4) is 10.4 Å². The highest BCUT2D eigenvalue weighted by Gasteiger charge is 2.26. The Labute approximate surface area is 176 Å². The molecule has 0 unspecified atom stereocenters. The fourth-order valence-electron chi connectivity index (χ4n) is 3.65. The Kier molecular flexibility index (Phi) is 5.19. The molecule has 0 aliphatic rings. The molecule has 4 rings (SSSR count). The number of hydrogen-bond acceptors (Lipinski definition) is 2. The second-order valence-electron chi connectivity index (χ2n) is 6.49. The van der Waals surface area contributed by atoms with Crippen LogP contribution in [0.4, 0.5) is 0 Å². The largest absolute Gasteiger partial charge is 0.477 e. The molecule has 2 aromatic carbocycles. The highest BCUT2D eigenvalue weighted by atomic mass is 35.5. The molecule has 6 heteroatoms. The van der Waals surface area contributed by atoms with Gasteiger partial charge in [0.1, 0.15) is 5.69 Å². The van der Waals surface area contributed by atoms with Crippen molar-refractivity contribution in [3.05, 3.63) is 80.8 Å². The highest BCUT2D eigenvalue weighted by molar-refractivity contribution is 7.13. The number of nitrogens with zero attached hydrogens (tertiary/aromatic N) is 1. The quantitative estimate of drug-likeness (QED) is 0.371. The van der Waals surface area contributed by atoms with E-state index in [1.165, 1.54) is 11.3 Å². The van der Waals surface area contributed by atoms with E-state index in [1.807, 2.05) is 65.4 Å². The van der Waals surface area contributed by atoms with Crippen molar-refractivity contribution in [2.75, 3.05) is 0 Å². The molecule has 0 spiro atoms. The molecule has 0 fully saturated rings. The van der Waals surface area contributed by atoms with Gasteiger partial charge in [-0.1, -0.05) is 48.3 Å². The summed E-state index contributed by atoms with van der Waals surface area (Å²) in [6.45, 7) is 2.47. The monoisotopic (exact) mass is 429 g/mol. The van der Waals surface area contributed by atoms with E-state index < -0.39 is 5.97 Å². The maximum absolute atomic E-state index is 12.4. The summed E-state index contributed by atoms with van der Waals surface area (Å²) in [6.07, 6.45) is 0.721. The van der Waals surface area contributed by atoms with E-state index >= 15 is 0 Å². The van der Waals surface area contributed by atoms with Gasteiger partial charge in [-0.2, -0.15) is 0 Å². The summed E-state index contributed by atoms with van der Waals surface area (Å²) in [7, 11) is 0. The normalized spacial score (nSPS) is 11.2. The number of benzene rings is 2. The standard InChI is InChI=1S/C22H17Cl2NO2S/c1-2-15-16(24)9-10-17-19(15)20(18-4-3-11-28-18)21(22(26)27)25(17)12-13-5-7-14(23)8-6-13/h3-11H,2,12H2,1H3,(H,26,27). The summed E-state index contributed by atoms with van der Waals surface area (Å²) in [4.78, 5) is 13.3. The number of hydrogen-bond donors (Lipinski definition) is 1. The van der Waals surface area contributed by atoms with Crippen LogP contribution >= 0.6 is 34.5 Å². The molecule has 0 aliphatic heterocycles. The molecule has 0 radical (unpaired) electrons. The third kappa shape index (κ3) is 3.22. The van der Waals surface area contributed by atoms with Gasteiger partial charge in [0.2, 0.25) is 0 Å². The Morgan fingerprint density at radius 1 is 1.11 bits per heavy atom. The summed E-state index contributed by atoms with van der Waals surface area (Å²) in [5.74, 6) is -0.952. The van der Waals surface area contributed by atoms with Gasteiger partial charge >= 0.3 is 5.97 Å². The summed E-state index contributed by atoms with van der Waals surface area (Å²) >= 11 is 14.0. The number of carbonyl (C=O) groups is 1. The predicted octanol–water partition coefficient (Wildman–Crippen LogP) is 6.99. The molecule has 0 atom stereocenters. The van der Waals surface area contributed by atoms with Gasteiger partial charge in [0.15, 0.2) is 0 Å². The van der Waals surface area contributed by atoms with Gasteiger partial charge in [-0.15, -0.1) is 11.3 Å². The van der Waals surface area contributed by atoms with Crippen molar-refractivity contribution in [2.24, 2.45) is 0 Å². The van der Waals surface area contributed by atoms with Crippen LogP contribution in [-0.4, -0.2) is 15.6 Å². The molecular formula is C22H17Cl2NO2S. The molecule has 0 aliphatic carbocycles. The average molecular weight is 430 g/mol. The summed E-state index contributed by atoms with van der Waals surface area (Å²) in [5, 5.41) is 14.3. The fourth-order valence-corrected chi connectivity index (χ4v) is 4.85. The van der Waals surface area contributed by atoms with Gasteiger partial charge in [0, 0.05) is 32.4 Å². The molecule has 0 bridgehead atoms. The van der Waals surface area contributed by atoms with Crippen LogP contribution in [0.15, 0.2) is 53.9 Å². The van der Waals surface area contributed by atoms with Crippen LogP contribution in [0.3, 0.4) is 0 Å². The maximum atomic E-state index is 12.4. The first-order chi connectivity index (χ1) is 13.5. The minimum atomic E-state index is -0.952. The van der Waals surface area contributed by atoms with Crippen LogP contribution in [0, 0.1) is 0 Å². The third-order valence-electron chi connectivity index (χ3n) is 4.86. The Hall–Kier alpha value is -2.27. The Bertz CT molecular complexity index is 1160. The van der Waals surface area contributed by atoms with E-state index in [2.05, 4.69) is 0 Å². The maximum Gasteiger partial charge on any atom is 0.353 e. The average Bonchev–Trinajstić information content (AvgIpc) is 3.30. The van der Waals surface area contributed by atoms with Crippen LogP contribution in [0.2, 0.25) is 10.0 Å². The van der Waals surface area contributed by atoms with Crippen molar-refractivity contribution in [2.45, 2.75) is 19.9 Å². The minimum absolute atomic E-state index is 0.282. The fraction of sp³-hybridized carbons (Fsp3) is 0.136. The third-order valence-corrected chi connectivity index (χ3v) is 6.35. The van der Waals surface area contributed by atoms with E-state index in [-0.39, 0.29) is 5.69 Å². The SMILES string of the molecule is CCc1c(Cl)ccc2c1c(-c1cccs1)c(C(=O)O)n2Cc1ccc(Cl)cc1. The minimum Gasteiger partial charge on any atom is -0.477 e. The zero-order valence-corrected chi connectivity index (χ0v) is 17.4. The summed E-state index contributed by atoms with van der Waals surface area (Å²) in [6, 6.07) is 15.1. The lowest BCUT2D eigenvalue weighted by atomic mass is 10.0. The number of carboxylic acid groups (broad SMARTS) is 1. The van der Waals surface area contributed by atoms with Crippen LogP contribution in [0.1, 0.15) is 28.5 Å². The second-order valence-corrected chi connectivity index (χ2v) is 8.28. The van der Waals surface area contributed by atoms with Gasteiger partial charge in [-0.05, 0) is 53.3 Å². The topological polar surface area (TPSA) is 42.2 Å². The van der Waals surface area contributed by atoms with Crippen LogP contribution in [-0.2, 0) is 13.0 Å². The zero-order chi connectivity index (χ0) is 19.8. The molecule has 1 N–H and O–H groups in total. The summed E-state index contributed by atoms with van der Waals surface area (Å²) in [5.41, 5.74) is 3.85. The van der Waals surface area contributed by atoms with Crippen LogP contribution in [0.25, 0.3) is 21.3 Å². The van der Waals surface area contributed by atoms with Crippen molar-refractivity contribution >= 4 is 51.4 Å². The molecule has 0 amide bonds. The molecule has 0 saturated carbocycles. The Morgan fingerprint density at radius 3 is 2.46 bits per heavy atom. The van der Waals surface area contributed by atoms with Crippen molar-refractivity contribution in [1.82, 2.24) is 4.57 Å². The van der Waals surface area contributed by atoms with Gasteiger partial charge < -0.3 is 9.67 Å². The Balaban J connectivity index is 2.07. The molecule has 28 heavy (non-hydrogen) atoms. The smallest absolute Gasteiger partial charge is 0.353 e. The van der Waals surface area contributed by atoms with E-state index in [0.29, 0.717) is 16.6 Å². The van der Waals surface area contributed by atoms with E-state index in [1.54, 1.807) is 0 Å². The van der Waals surface area contributed by atoms with Gasteiger partial charge in [0.25, 0.3) is 0 Å². The molecule has 2 aromatic heterocycles. The van der Waals surface area contributed by atoms with Crippen molar-refractivity contribution in [3.63, 3.8) is 0 Å². The van der Waals surface area contributed by atoms with Gasteiger partial charge in [-0.3, -0.25) is 0 Å². The number of carboxylic acids is 1.